The summed E-state index contributed by atoms with van der Waals surface area (Å²) in [4.78, 5) is 21.0. The second-order valence-electron chi connectivity index (χ2n) is 7.62. The third-order valence-corrected chi connectivity index (χ3v) is 6.69. The van der Waals surface area contributed by atoms with Gasteiger partial charge < -0.3 is 14.6 Å². The van der Waals surface area contributed by atoms with Crippen molar-refractivity contribution in [3.05, 3.63) is 41.1 Å². The van der Waals surface area contributed by atoms with Crippen molar-refractivity contribution in [2.24, 2.45) is 5.92 Å². The maximum Gasteiger partial charge on any atom is 0.231 e. The standard InChI is InChI=1S/C21H23N5O2S/c27-20(23-21-22-16-6-1-2-8-18(16)29-21)14-5-3-11-26(13-14)19-10-9-15(24-25-19)17-7-4-12-28-17/h4,7,9-10,12,14H,1-3,5-6,8,11,13H2,(H,22,23,27). The van der Waals surface area contributed by atoms with E-state index in [1.54, 1.807) is 17.6 Å². The summed E-state index contributed by atoms with van der Waals surface area (Å²) in [5.74, 6) is 1.48. The number of hydrogen-bond acceptors (Lipinski definition) is 7. The van der Waals surface area contributed by atoms with Gasteiger partial charge in [0.1, 0.15) is 5.69 Å². The summed E-state index contributed by atoms with van der Waals surface area (Å²) in [5.41, 5.74) is 1.88. The molecule has 3 aromatic heterocycles. The molecule has 8 heteroatoms. The molecule has 7 nitrogen and oxygen atoms in total. The van der Waals surface area contributed by atoms with E-state index in [1.807, 2.05) is 24.3 Å². The van der Waals surface area contributed by atoms with Crippen LogP contribution >= 0.6 is 11.3 Å². The predicted molar refractivity (Wildman–Crippen MR) is 112 cm³/mol. The van der Waals surface area contributed by atoms with Crippen molar-refractivity contribution in [1.82, 2.24) is 15.2 Å². The van der Waals surface area contributed by atoms with Crippen LogP contribution in [0.4, 0.5) is 10.9 Å². The van der Waals surface area contributed by atoms with Gasteiger partial charge in [-0.15, -0.1) is 21.5 Å². The van der Waals surface area contributed by atoms with Crippen LogP contribution in [0.15, 0.2) is 34.9 Å². The van der Waals surface area contributed by atoms with Gasteiger partial charge in [0.2, 0.25) is 5.91 Å². The van der Waals surface area contributed by atoms with Crippen LogP contribution in [-0.4, -0.2) is 34.2 Å². The largest absolute Gasteiger partial charge is 0.463 e. The first kappa shape index (κ1) is 18.3. The van der Waals surface area contributed by atoms with Gasteiger partial charge in [-0.1, -0.05) is 0 Å². The number of anilines is 2. The number of aryl methyl sites for hydroxylation is 2. The van der Waals surface area contributed by atoms with Crippen molar-refractivity contribution < 1.29 is 9.21 Å². The third-order valence-electron chi connectivity index (χ3n) is 5.62. The molecule has 5 rings (SSSR count). The number of furan rings is 1. The number of nitrogens with zero attached hydrogens (tertiary/aromatic N) is 4. The van der Waals surface area contributed by atoms with Crippen molar-refractivity contribution in [1.29, 1.82) is 0 Å². The molecule has 0 radical (unpaired) electrons. The van der Waals surface area contributed by atoms with Gasteiger partial charge in [0.05, 0.1) is 17.9 Å². The average molecular weight is 410 g/mol. The van der Waals surface area contributed by atoms with Gasteiger partial charge in [0, 0.05) is 18.0 Å². The fraction of sp³-hybridized carbons (Fsp3) is 0.429. The molecule has 1 fully saturated rings. The highest BCUT2D eigenvalue weighted by Gasteiger charge is 2.28. The van der Waals surface area contributed by atoms with Gasteiger partial charge in [-0.3, -0.25) is 4.79 Å². The quantitative estimate of drug-likeness (QED) is 0.703. The third kappa shape index (κ3) is 3.89. The second kappa shape index (κ2) is 7.94. The van der Waals surface area contributed by atoms with Crippen LogP contribution in [0.1, 0.15) is 36.3 Å². The summed E-state index contributed by atoms with van der Waals surface area (Å²) >= 11 is 1.64. The van der Waals surface area contributed by atoms with Crippen molar-refractivity contribution in [2.45, 2.75) is 38.5 Å². The highest BCUT2D eigenvalue weighted by Crippen LogP contribution is 2.30. The minimum atomic E-state index is -0.0729. The van der Waals surface area contributed by atoms with Crippen molar-refractivity contribution in [2.75, 3.05) is 23.3 Å². The number of hydrogen-bond donors (Lipinski definition) is 1. The number of amides is 1. The van der Waals surface area contributed by atoms with Crippen LogP contribution in [0.25, 0.3) is 11.5 Å². The molecule has 1 aliphatic carbocycles. The van der Waals surface area contributed by atoms with E-state index in [0.29, 0.717) is 18.0 Å². The fourth-order valence-electron chi connectivity index (χ4n) is 4.06. The topological polar surface area (TPSA) is 84.2 Å². The minimum Gasteiger partial charge on any atom is -0.463 e. The highest BCUT2D eigenvalue weighted by atomic mass is 32.1. The molecule has 150 valence electrons. The van der Waals surface area contributed by atoms with Crippen LogP contribution in [0.3, 0.4) is 0 Å². The van der Waals surface area contributed by atoms with Gasteiger partial charge in [-0.05, 0) is 62.8 Å². The Morgan fingerprint density at radius 2 is 2.10 bits per heavy atom. The van der Waals surface area contributed by atoms with E-state index in [2.05, 4.69) is 25.4 Å². The molecule has 1 amide bonds. The summed E-state index contributed by atoms with van der Waals surface area (Å²) in [6.45, 7) is 1.52. The van der Waals surface area contributed by atoms with Crippen LogP contribution < -0.4 is 10.2 Å². The van der Waals surface area contributed by atoms with Crippen LogP contribution in [0, 0.1) is 5.92 Å². The van der Waals surface area contributed by atoms with Gasteiger partial charge >= 0.3 is 0 Å². The van der Waals surface area contributed by atoms with E-state index < -0.39 is 0 Å². The highest BCUT2D eigenvalue weighted by molar-refractivity contribution is 7.15. The molecule has 4 heterocycles. The normalized spacial score (nSPS) is 19.0. The lowest BCUT2D eigenvalue weighted by molar-refractivity contribution is -0.120. The molecular formula is C21H23N5O2S. The van der Waals surface area contributed by atoms with Gasteiger partial charge in [-0.2, -0.15) is 0 Å². The van der Waals surface area contributed by atoms with E-state index in [-0.39, 0.29) is 11.8 Å². The SMILES string of the molecule is O=C(Nc1nc2c(s1)CCCC2)C1CCCN(c2ccc(-c3ccco3)nn2)C1. The van der Waals surface area contributed by atoms with Crippen molar-refractivity contribution in [3.8, 4) is 11.5 Å². The average Bonchev–Trinajstić information content (AvgIpc) is 3.43. The molecule has 1 N–H and O–H groups in total. The number of fused-ring (bicyclic) bond motifs is 1. The number of thiazole rings is 1. The monoisotopic (exact) mass is 409 g/mol. The molecule has 1 aliphatic heterocycles. The van der Waals surface area contributed by atoms with Crippen LogP contribution in [-0.2, 0) is 17.6 Å². The number of aromatic nitrogens is 3. The predicted octanol–water partition coefficient (Wildman–Crippen LogP) is 3.93. The summed E-state index contributed by atoms with van der Waals surface area (Å²) in [6, 6.07) is 7.55. The first-order valence-electron chi connectivity index (χ1n) is 10.2. The molecule has 3 aromatic rings. The zero-order valence-electron chi connectivity index (χ0n) is 16.1. The number of piperidine rings is 1. The van der Waals surface area contributed by atoms with E-state index in [9.17, 15) is 4.79 Å². The van der Waals surface area contributed by atoms with Gasteiger partial charge in [0.15, 0.2) is 16.7 Å². The van der Waals surface area contributed by atoms with E-state index in [0.717, 1.165) is 43.2 Å². The zero-order valence-corrected chi connectivity index (χ0v) is 17.0. The molecule has 0 saturated carbocycles. The minimum absolute atomic E-state index is 0.0564. The Balaban J connectivity index is 1.24. The van der Waals surface area contributed by atoms with E-state index >= 15 is 0 Å². The number of carbonyl (C=O) groups is 1. The van der Waals surface area contributed by atoms with Gasteiger partial charge in [-0.25, -0.2) is 4.98 Å². The number of nitrogens with one attached hydrogen (secondary N) is 1. The molecule has 29 heavy (non-hydrogen) atoms. The van der Waals surface area contributed by atoms with Crippen molar-refractivity contribution in [3.63, 3.8) is 0 Å². The lowest BCUT2D eigenvalue weighted by Crippen LogP contribution is -2.41. The lowest BCUT2D eigenvalue weighted by Gasteiger charge is -2.32. The summed E-state index contributed by atoms with van der Waals surface area (Å²) in [6.07, 6.45) is 8.00. The Hall–Kier alpha value is -2.74. The number of rotatable bonds is 4. The lowest BCUT2D eigenvalue weighted by atomic mass is 9.97. The molecule has 1 atom stereocenters. The molecule has 0 aromatic carbocycles. The second-order valence-corrected chi connectivity index (χ2v) is 8.71. The maximum absolute atomic E-state index is 12.8. The Kier molecular flexibility index (Phi) is 5.01. The Labute approximate surface area is 173 Å². The Bertz CT molecular complexity index is 960. The summed E-state index contributed by atoms with van der Waals surface area (Å²) in [7, 11) is 0. The van der Waals surface area contributed by atoms with Crippen molar-refractivity contribution >= 4 is 28.2 Å². The molecule has 0 bridgehead atoms. The zero-order chi connectivity index (χ0) is 19.6. The molecule has 1 unspecified atom stereocenters. The van der Waals surface area contributed by atoms with Crippen LogP contribution in [0.2, 0.25) is 0 Å². The Morgan fingerprint density at radius 3 is 2.90 bits per heavy atom. The fourth-order valence-corrected chi connectivity index (χ4v) is 5.11. The summed E-state index contributed by atoms with van der Waals surface area (Å²) < 4.78 is 5.37. The van der Waals surface area contributed by atoms with Crippen LogP contribution in [0.5, 0.6) is 0 Å². The molecule has 1 saturated heterocycles. The summed E-state index contributed by atoms with van der Waals surface area (Å²) in [5, 5.41) is 12.4. The van der Waals surface area contributed by atoms with E-state index in [4.69, 9.17) is 4.42 Å². The molecule has 2 aliphatic rings. The number of carbonyl (C=O) groups excluding carboxylic acids is 1. The maximum atomic E-state index is 12.8. The first-order chi connectivity index (χ1) is 14.3. The first-order valence-corrected chi connectivity index (χ1v) is 11.0. The smallest absolute Gasteiger partial charge is 0.231 e. The molecule has 0 spiro atoms. The molecular weight excluding hydrogens is 386 g/mol. The Morgan fingerprint density at radius 1 is 1.17 bits per heavy atom. The van der Waals surface area contributed by atoms with E-state index in [1.165, 1.54) is 23.4 Å². The van der Waals surface area contributed by atoms with Gasteiger partial charge in [0.25, 0.3) is 0 Å².